The van der Waals surface area contributed by atoms with Crippen molar-refractivity contribution in [1.29, 1.82) is 0 Å². The Labute approximate surface area is 184 Å². The van der Waals surface area contributed by atoms with Gasteiger partial charge in [0.2, 0.25) is 5.91 Å². The van der Waals surface area contributed by atoms with Crippen LogP contribution in [0.5, 0.6) is 0 Å². The maximum Gasteiger partial charge on any atom is 0.244 e. The van der Waals surface area contributed by atoms with Gasteiger partial charge >= 0.3 is 0 Å². The summed E-state index contributed by atoms with van der Waals surface area (Å²) in [5.74, 6) is -0.537. The van der Waals surface area contributed by atoms with Crippen molar-refractivity contribution in [3.05, 3.63) is 114 Å². The Bertz CT molecular complexity index is 1440. The van der Waals surface area contributed by atoms with Crippen LogP contribution in [0.2, 0.25) is 0 Å². The summed E-state index contributed by atoms with van der Waals surface area (Å²) in [6.45, 7) is 0.313. The predicted octanol–water partition coefficient (Wildman–Crippen LogP) is 5.65. The number of para-hydroxylation sites is 2. The smallest absolute Gasteiger partial charge is 0.244 e. The molecule has 0 aliphatic heterocycles. The lowest BCUT2D eigenvalue weighted by Crippen LogP contribution is -2.20. The van der Waals surface area contributed by atoms with Crippen molar-refractivity contribution < 1.29 is 9.18 Å². The fraction of sp³-hybridized carbons (Fsp3) is 0.0370. The second kappa shape index (κ2) is 8.47. The lowest BCUT2D eigenvalue weighted by molar-refractivity contribution is -0.116. The van der Waals surface area contributed by atoms with Gasteiger partial charge in [-0.1, -0.05) is 48.5 Å². The molecular formula is C27H20FN3O. The molecule has 0 unspecified atom stereocenters. The van der Waals surface area contributed by atoms with Gasteiger partial charge in [0.25, 0.3) is 0 Å². The van der Waals surface area contributed by atoms with Crippen LogP contribution in [0.1, 0.15) is 11.3 Å². The quantitative estimate of drug-likeness (QED) is 0.373. The van der Waals surface area contributed by atoms with Crippen LogP contribution in [0, 0.1) is 5.82 Å². The monoisotopic (exact) mass is 421 g/mol. The minimum absolute atomic E-state index is 0.233. The van der Waals surface area contributed by atoms with Crippen LogP contribution in [0.3, 0.4) is 0 Å². The average Bonchev–Trinajstić information content (AvgIpc) is 3.17. The van der Waals surface area contributed by atoms with E-state index in [1.54, 1.807) is 18.2 Å². The van der Waals surface area contributed by atoms with E-state index < -0.39 is 0 Å². The first-order valence-corrected chi connectivity index (χ1v) is 10.3. The largest absolute Gasteiger partial charge is 0.347 e. The molecule has 0 aliphatic carbocycles. The topological polar surface area (TPSA) is 46.9 Å². The molecule has 0 saturated carbocycles. The molecule has 0 spiro atoms. The van der Waals surface area contributed by atoms with E-state index in [2.05, 4.69) is 39.1 Å². The van der Waals surface area contributed by atoms with Gasteiger partial charge in [-0.25, -0.2) is 4.39 Å². The van der Waals surface area contributed by atoms with Gasteiger partial charge in [0.15, 0.2) is 0 Å². The lowest BCUT2D eigenvalue weighted by Gasteiger charge is -2.07. The van der Waals surface area contributed by atoms with E-state index >= 15 is 0 Å². The summed E-state index contributed by atoms with van der Waals surface area (Å²) in [5.41, 5.74) is 4.74. The third-order valence-corrected chi connectivity index (χ3v) is 5.37. The van der Waals surface area contributed by atoms with Crippen molar-refractivity contribution >= 4 is 33.8 Å². The summed E-state index contributed by atoms with van der Waals surface area (Å²) >= 11 is 0. The molecule has 0 fully saturated rings. The number of hydrogen-bond donors (Lipinski definition) is 1. The van der Waals surface area contributed by atoms with E-state index in [9.17, 15) is 9.18 Å². The average molecular weight is 421 g/mol. The van der Waals surface area contributed by atoms with Gasteiger partial charge in [-0.15, -0.1) is 0 Å². The first-order valence-electron chi connectivity index (χ1n) is 10.3. The van der Waals surface area contributed by atoms with Crippen LogP contribution >= 0.6 is 0 Å². The zero-order valence-corrected chi connectivity index (χ0v) is 17.2. The van der Waals surface area contributed by atoms with Crippen LogP contribution in [0.15, 0.2) is 97.2 Å². The van der Waals surface area contributed by atoms with Crippen molar-refractivity contribution in [1.82, 2.24) is 14.9 Å². The van der Waals surface area contributed by atoms with E-state index in [0.29, 0.717) is 6.54 Å². The van der Waals surface area contributed by atoms with Gasteiger partial charge in [0.05, 0.1) is 29.5 Å². The number of pyridine rings is 1. The molecule has 5 aromatic rings. The summed E-state index contributed by atoms with van der Waals surface area (Å²) in [6.07, 6.45) is 4.95. The number of amides is 1. The van der Waals surface area contributed by atoms with Crippen molar-refractivity contribution in [3.63, 3.8) is 0 Å². The minimum Gasteiger partial charge on any atom is -0.347 e. The van der Waals surface area contributed by atoms with Crippen molar-refractivity contribution in [3.8, 4) is 5.69 Å². The summed E-state index contributed by atoms with van der Waals surface area (Å²) in [7, 11) is 0. The maximum absolute atomic E-state index is 13.0. The maximum atomic E-state index is 13.0. The molecule has 0 saturated heterocycles. The molecule has 5 rings (SSSR count). The van der Waals surface area contributed by atoms with E-state index in [1.165, 1.54) is 18.2 Å². The highest BCUT2D eigenvalue weighted by atomic mass is 19.1. The summed E-state index contributed by atoms with van der Waals surface area (Å²) < 4.78 is 15.2. The highest BCUT2D eigenvalue weighted by Crippen LogP contribution is 2.31. The molecule has 156 valence electrons. The van der Waals surface area contributed by atoms with Crippen LogP contribution < -0.4 is 5.32 Å². The van der Waals surface area contributed by atoms with Crippen LogP contribution in [-0.4, -0.2) is 15.5 Å². The predicted molar refractivity (Wildman–Crippen MR) is 126 cm³/mol. The number of halogens is 1. The lowest BCUT2D eigenvalue weighted by atomic mass is 10.1. The molecule has 2 aromatic heterocycles. The third-order valence-electron chi connectivity index (χ3n) is 5.37. The zero-order valence-electron chi connectivity index (χ0n) is 17.2. The van der Waals surface area contributed by atoms with Gasteiger partial charge in [-0.2, -0.15) is 0 Å². The summed E-state index contributed by atoms with van der Waals surface area (Å²) in [5, 5.41) is 5.09. The Kier molecular flexibility index (Phi) is 5.22. The van der Waals surface area contributed by atoms with Gasteiger partial charge in [-0.05, 0) is 48.0 Å². The molecule has 32 heavy (non-hydrogen) atoms. The van der Waals surface area contributed by atoms with E-state index in [4.69, 9.17) is 0 Å². The van der Waals surface area contributed by atoms with Gasteiger partial charge < -0.3 is 9.88 Å². The Morgan fingerprint density at radius 1 is 0.906 bits per heavy atom. The summed E-state index contributed by atoms with van der Waals surface area (Å²) in [4.78, 5) is 16.8. The van der Waals surface area contributed by atoms with Gasteiger partial charge in [0.1, 0.15) is 5.82 Å². The fourth-order valence-electron chi connectivity index (χ4n) is 3.85. The Morgan fingerprint density at radius 2 is 1.66 bits per heavy atom. The molecule has 4 nitrogen and oxygen atoms in total. The van der Waals surface area contributed by atoms with Crippen molar-refractivity contribution in [2.24, 2.45) is 0 Å². The Hall–Kier alpha value is -4.25. The molecule has 0 radical (unpaired) electrons. The number of carbonyl (C=O) groups excluding carboxylic acids is 1. The normalized spacial score (nSPS) is 11.4. The second-order valence-electron chi connectivity index (χ2n) is 7.48. The first-order chi connectivity index (χ1) is 15.7. The van der Waals surface area contributed by atoms with Gasteiger partial charge in [-0.3, -0.25) is 9.78 Å². The van der Waals surface area contributed by atoms with E-state index in [0.717, 1.165) is 38.8 Å². The second-order valence-corrected chi connectivity index (χ2v) is 7.48. The van der Waals surface area contributed by atoms with Crippen molar-refractivity contribution in [2.45, 2.75) is 6.54 Å². The van der Waals surface area contributed by atoms with Crippen LogP contribution in [0.4, 0.5) is 4.39 Å². The van der Waals surface area contributed by atoms with Gasteiger partial charge in [0, 0.05) is 22.5 Å². The number of nitrogens with one attached hydrogen (secondary N) is 1. The summed E-state index contributed by atoms with van der Waals surface area (Å²) in [6, 6.07) is 26.5. The molecule has 2 heterocycles. The number of carbonyl (C=O) groups is 1. The molecule has 1 N–H and O–H groups in total. The van der Waals surface area contributed by atoms with Crippen molar-refractivity contribution in [2.75, 3.05) is 0 Å². The number of aromatic nitrogens is 2. The Balaban J connectivity index is 1.41. The number of rotatable bonds is 5. The molecular weight excluding hydrogens is 401 g/mol. The SMILES string of the molecule is O=C(/C=C/c1ccc(F)cc1)NCc1cc2c3ccccc3n(-c3ccccc3)c2cn1. The third kappa shape index (κ3) is 3.88. The highest BCUT2D eigenvalue weighted by molar-refractivity contribution is 6.09. The standard InChI is InChI=1S/C27H20FN3O/c28-20-13-10-19(11-14-20)12-15-27(32)30-17-21-16-24-23-8-4-5-9-25(23)31(26(24)18-29-21)22-6-2-1-3-7-22/h1-16,18H,17H2,(H,30,32)/b15-12+. The molecule has 0 atom stereocenters. The van der Waals surface area contributed by atoms with E-state index in [-0.39, 0.29) is 11.7 Å². The van der Waals surface area contributed by atoms with Crippen LogP contribution in [-0.2, 0) is 11.3 Å². The fourth-order valence-corrected chi connectivity index (χ4v) is 3.85. The zero-order chi connectivity index (χ0) is 21.9. The number of fused-ring (bicyclic) bond motifs is 3. The number of benzene rings is 3. The molecule has 0 aliphatic rings. The number of hydrogen-bond acceptors (Lipinski definition) is 2. The van der Waals surface area contributed by atoms with Crippen LogP contribution in [0.25, 0.3) is 33.6 Å². The highest BCUT2D eigenvalue weighted by Gasteiger charge is 2.13. The molecule has 3 aromatic carbocycles. The molecule has 5 heteroatoms. The Morgan fingerprint density at radius 3 is 2.47 bits per heavy atom. The molecule has 0 bridgehead atoms. The molecule has 1 amide bonds. The van der Waals surface area contributed by atoms with E-state index in [1.807, 2.05) is 42.6 Å². The first kappa shape index (κ1) is 19.7. The number of nitrogens with zero attached hydrogens (tertiary/aromatic N) is 2. The minimum atomic E-state index is -0.304.